The van der Waals surface area contributed by atoms with Gasteiger partial charge < -0.3 is 5.32 Å². The third-order valence-electron chi connectivity index (χ3n) is 2.80. The first-order chi connectivity index (χ1) is 9.70. The number of aryl methyl sites for hydroxylation is 1. The van der Waals surface area contributed by atoms with Crippen LogP contribution in [0.2, 0.25) is 5.02 Å². The summed E-state index contributed by atoms with van der Waals surface area (Å²) in [6, 6.07) is 4.33. The van der Waals surface area contributed by atoms with E-state index < -0.39 is 0 Å². The molecule has 0 aliphatic rings. The molecular formula is C14H17ClFN3S. The van der Waals surface area contributed by atoms with E-state index in [1.54, 1.807) is 6.07 Å². The van der Waals surface area contributed by atoms with Crippen molar-refractivity contribution in [3.8, 4) is 10.6 Å². The van der Waals surface area contributed by atoms with E-state index in [1.807, 2.05) is 0 Å². The van der Waals surface area contributed by atoms with Gasteiger partial charge in [-0.1, -0.05) is 29.9 Å². The average Bonchev–Trinajstić information content (AvgIpc) is 2.87. The van der Waals surface area contributed by atoms with Gasteiger partial charge in [0.1, 0.15) is 15.8 Å². The Kier molecular flexibility index (Phi) is 5.88. The van der Waals surface area contributed by atoms with Crippen molar-refractivity contribution in [2.24, 2.45) is 0 Å². The molecule has 0 saturated carbocycles. The lowest BCUT2D eigenvalue weighted by molar-refractivity contribution is 0.628. The van der Waals surface area contributed by atoms with E-state index in [-0.39, 0.29) is 5.82 Å². The Morgan fingerprint density at radius 2 is 2.15 bits per heavy atom. The Bertz CT molecular complexity index is 559. The highest BCUT2D eigenvalue weighted by molar-refractivity contribution is 7.14. The van der Waals surface area contributed by atoms with Gasteiger partial charge in [0.05, 0.1) is 5.02 Å². The van der Waals surface area contributed by atoms with Crippen LogP contribution >= 0.6 is 22.9 Å². The lowest BCUT2D eigenvalue weighted by Crippen LogP contribution is -2.16. The Hall–Kier alpha value is -1.04. The second-order valence-electron chi connectivity index (χ2n) is 4.48. The minimum atomic E-state index is -0.342. The fourth-order valence-corrected chi connectivity index (χ4v) is 3.03. The number of nitrogens with one attached hydrogen (secondary N) is 1. The van der Waals surface area contributed by atoms with Crippen LogP contribution in [0.3, 0.4) is 0 Å². The van der Waals surface area contributed by atoms with Crippen LogP contribution in [0.15, 0.2) is 18.2 Å². The molecule has 0 fully saturated rings. The van der Waals surface area contributed by atoms with Gasteiger partial charge in [0.15, 0.2) is 0 Å². The van der Waals surface area contributed by atoms with Gasteiger partial charge in [-0.3, -0.25) is 0 Å². The van der Waals surface area contributed by atoms with Crippen LogP contribution in [0, 0.1) is 5.82 Å². The van der Waals surface area contributed by atoms with Crippen LogP contribution in [-0.2, 0) is 6.42 Å². The molecule has 1 aromatic heterocycles. The van der Waals surface area contributed by atoms with Gasteiger partial charge in [-0.15, -0.1) is 10.2 Å². The molecule has 0 aliphatic heterocycles. The van der Waals surface area contributed by atoms with Gasteiger partial charge in [-0.05, 0) is 44.1 Å². The highest BCUT2D eigenvalue weighted by atomic mass is 35.5. The summed E-state index contributed by atoms with van der Waals surface area (Å²) in [7, 11) is 0. The van der Waals surface area contributed by atoms with E-state index >= 15 is 0 Å². The van der Waals surface area contributed by atoms with Crippen molar-refractivity contribution in [2.45, 2.75) is 26.2 Å². The monoisotopic (exact) mass is 313 g/mol. The van der Waals surface area contributed by atoms with Crippen LogP contribution in [0.5, 0.6) is 0 Å². The molecule has 0 spiro atoms. The molecule has 2 rings (SSSR count). The summed E-state index contributed by atoms with van der Waals surface area (Å²) >= 11 is 7.54. The average molecular weight is 314 g/mol. The molecule has 0 amide bonds. The molecule has 0 aliphatic carbocycles. The van der Waals surface area contributed by atoms with Gasteiger partial charge in [0.2, 0.25) is 0 Å². The number of hydrogen-bond donors (Lipinski definition) is 1. The predicted octanol–water partition coefficient (Wildman–Crippen LogP) is 3.93. The van der Waals surface area contributed by atoms with E-state index in [9.17, 15) is 4.39 Å². The zero-order chi connectivity index (χ0) is 14.4. The summed E-state index contributed by atoms with van der Waals surface area (Å²) in [5.74, 6) is -0.342. The third-order valence-corrected chi connectivity index (χ3v) is 4.13. The van der Waals surface area contributed by atoms with Crippen molar-refractivity contribution < 1.29 is 4.39 Å². The maximum absolute atomic E-state index is 13.0. The summed E-state index contributed by atoms with van der Waals surface area (Å²) in [4.78, 5) is 0. The molecule has 0 unspecified atom stereocenters. The Balaban J connectivity index is 1.95. The lowest BCUT2D eigenvalue weighted by atomic mass is 10.2. The van der Waals surface area contributed by atoms with Gasteiger partial charge >= 0.3 is 0 Å². The molecule has 0 atom stereocenters. The minimum Gasteiger partial charge on any atom is -0.317 e. The zero-order valence-electron chi connectivity index (χ0n) is 11.3. The summed E-state index contributed by atoms with van der Waals surface area (Å²) in [6.07, 6.45) is 3.07. The number of benzene rings is 1. The van der Waals surface area contributed by atoms with E-state index in [2.05, 4.69) is 22.4 Å². The van der Waals surface area contributed by atoms with E-state index in [0.29, 0.717) is 5.02 Å². The van der Waals surface area contributed by atoms with Crippen LogP contribution in [-0.4, -0.2) is 23.3 Å². The Morgan fingerprint density at radius 1 is 1.30 bits per heavy atom. The van der Waals surface area contributed by atoms with Crippen molar-refractivity contribution in [1.82, 2.24) is 15.5 Å². The smallest absolute Gasteiger partial charge is 0.149 e. The standard InChI is InChI=1S/C14H17ClFN3S/c1-2-7-17-8-3-4-13-18-19-14(20-13)11-6-5-10(16)9-12(11)15/h5-6,9,17H,2-4,7-8H2,1H3. The van der Waals surface area contributed by atoms with Gasteiger partial charge in [0.25, 0.3) is 0 Å². The molecule has 1 heterocycles. The molecule has 0 bridgehead atoms. The quantitative estimate of drug-likeness (QED) is 0.787. The first-order valence-electron chi connectivity index (χ1n) is 6.69. The SMILES string of the molecule is CCCNCCCc1nnc(-c2ccc(F)cc2Cl)s1. The van der Waals surface area contributed by atoms with E-state index in [0.717, 1.165) is 47.9 Å². The minimum absolute atomic E-state index is 0.342. The van der Waals surface area contributed by atoms with Crippen molar-refractivity contribution in [2.75, 3.05) is 13.1 Å². The molecule has 108 valence electrons. The fraction of sp³-hybridized carbons (Fsp3) is 0.429. The van der Waals surface area contributed by atoms with Crippen LogP contribution < -0.4 is 5.32 Å². The maximum atomic E-state index is 13.0. The third kappa shape index (κ3) is 4.23. The Labute approximate surface area is 127 Å². The second-order valence-corrected chi connectivity index (χ2v) is 5.95. The highest BCUT2D eigenvalue weighted by Crippen LogP contribution is 2.30. The molecule has 0 saturated heterocycles. The summed E-state index contributed by atoms with van der Waals surface area (Å²) in [6.45, 7) is 4.18. The van der Waals surface area contributed by atoms with Crippen molar-refractivity contribution >= 4 is 22.9 Å². The number of aromatic nitrogens is 2. The fourth-order valence-electron chi connectivity index (χ4n) is 1.79. The molecule has 3 nitrogen and oxygen atoms in total. The number of hydrogen-bond acceptors (Lipinski definition) is 4. The first-order valence-corrected chi connectivity index (χ1v) is 7.88. The van der Waals surface area contributed by atoms with E-state index in [4.69, 9.17) is 11.6 Å². The summed E-state index contributed by atoms with van der Waals surface area (Å²) < 4.78 is 13.0. The van der Waals surface area contributed by atoms with Crippen molar-refractivity contribution in [1.29, 1.82) is 0 Å². The predicted molar refractivity (Wildman–Crippen MR) is 81.8 cm³/mol. The topological polar surface area (TPSA) is 37.8 Å². The van der Waals surface area contributed by atoms with Crippen molar-refractivity contribution in [3.63, 3.8) is 0 Å². The molecule has 1 aromatic carbocycles. The normalized spacial score (nSPS) is 10.9. The number of halogens is 2. The highest BCUT2D eigenvalue weighted by Gasteiger charge is 2.10. The molecule has 0 radical (unpaired) electrons. The Morgan fingerprint density at radius 3 is 2.90 bits per heavy atom. The van der Waals surface area contributed by atoms with Crippen LogP contribution in [0.4, 0.5) is 4.39 Å². The summed E-state index contributed by atoms with van der Waals surface area (Å²) in [5, 5.41) is 13.7. The number of rotatable bonds is 7. The lowest BCUT2D eigenvalue weighted by Gasteiger charge is -2.00. The molecule has 20 heavy (non-hydrogen) atoms. The van der Waals surface area contributed by atoms with Crippen LogP contribution in [0.25, 0.3) is 10.6 Å². The van der Waals surface area contributed by atoms with Crippen LogP contribution in [0.1, 0.15) is 24.8 Å². The molecular weight excluding hydrogens is 297 g/mol. The van der Waals surface area contributed by atoms with Gasteiger partial charge in [-0.2, -0.15) is 0 Å². The van der Waals surface area contributed by atoms with Gasteiger partial charge in [0, 0.05) is 12.0 Å². The molecule has 6 heteroatoms. The maximum Gasteiger partial charge on any atom is 0.149 e. The zero-order valence-corrected chi connectivity index (χ0v) is 12.9. The van der Waals surface area contributed by atoms with E-state index in [1.165, 1.54) is 23.5 Å². The summed E-state index contributed by atoms with van der Waals surface area (Å²) in [5.41, 5.74) is 0.737. The molecule has 2 aromatic rings. The number of nitrogens with zero attached hydrogens (tertiary/aromatic N) is 2. The molecule has 1 N–H and O–H groups in total. The van der Waals surface area contributed by atoms with Gasteiger partial charge in [-0.25, -0.2) is 4.39 Å². The van der Waals surface area contributed by atoms with Crippen molar-refractivity contribution in [3.05, 3.63) is 34.0 Å². The first kappa shape index (κ1) is 15.4. The second kappa shape index (κ2) is 7.67. The largest absolute Gasteiger partial charge is 0.317 e.